The Morgan fingerprint density at radius 1 is 0.962 bits per heavy atom. The van der Waals surface area contributed by atoms with Crippen LogP contribution < -0.4 is 5.32 Å². The lowest BCUT2D eigenvalue weighted by molar-refractivity contribution is 0.986. The van der Waals surface area contributed by atoms with E-state index in [0.717, 1.165) is 33.2 Å². The van der Waals surface area contributed by atoms with Crippen LogP contribution in [0.4, 0.5) is 11.5 Å². The Labute approximate surface area is 160 Å². The van der Waals surface area contributed by atoms with Gasteiger partial charge in [0.1, 0.15) is 5.01 Å². The summed E-state index contributed by atoms with van der Waals surface area (Å²) in [4.78, 5) is 4.75. The maximum absolute atomic E-state index is 6.28. The highest BCUT2D eigenvalue weighted by molar-refractivity contribution is 7.13. The van der Waals surface area contributed by atoms with Crippen LogP contribution in [0.25, 0.3) is 21.8 Å². The molecule has 0 amide bonds. The lowest BCUT2D eigenvalue weighted by Gasteiger charge is -2.06. The Bertz CT molecular complexity index is 1040. The van der Waals surface area contributed by atoms with Crippen LogP contribution in [-0.2, 0) is 0 Å². The number of hydrogen-bond donors (Lipinski definition) is 1. The van der Waals surface area contributed by atoms with E-state index in [1.807, 2.05) is 73.0 Å². The molecule has 0 aliphatic rings. The normalized spacial score (nSPS) is 10.7. The Morgan fingerprint density at radius 3 is 2.65 bits per heavy atom. The third kappa shape index (κ3) is 3.59. The molecule has 0 aliphatic heterocycles. The van der Waals surface area contributed by atoms with E-state index in [0.29, 0.717) is 10.8 Å². The van der Waals surface area contributed by atoms with E-state index < -0.39 is 0 Å². The molecule has 0 fully saturated rings. The molecule has 2 aromatic carbocycles. The Balaban J connectivity index is 1.61. The zero-order chi connectivity index (χ0) is 17.9. The Hall–Kier alpha value is -2.76. The van der Waals surface area contributed by atoms with Crippen LogP contribution in [0.1, 0.15) is 5.69 Å². The van der Waals surface area contributed by atoms with Crippen molar-refractivity contribution in [1.29, 1.82) is 0 Å². The minimum atomic E-state index is 0.710. The van der Waals surface area contributed by atoms with Crippen molar-refractivity contribution in [2.24, 2.45) is 0 Å². The molecule has 2 aromatic heterocycles. The van der Waals surface area contributed by atoms with Crippen molar-refractivity contribution in [3.05, 3.63) is 76.8 Å². The van der Waals surface area contributed by atoms with Crippen molar-refractivity contribution in [1.82, 2.24) is 15.2 Å². The predicted molar refractivity (Wildman–Crippen MR) is 108 cm³/mol. The van der Waals surface area contributed by atoms with Crippen molar-refractivity contribution >= 4 is 34.4 Å². The van der Waals surface area contributed by atoms with Crippen LogP contribution in [0, 0.1) is 6.92 Å². The monoisotopic (exact) mass is 378 g/mol. The number of nitrogens with one attached hydrogen (secondary N) is 1. The molecule has 0 atom stereocenters. The fraction of sp³-hybridized carbons (Fsp3) is 0.0500. The van der Waals surface area contributed by atoms with Gasteiger partial charge in [-0.15, -0.1) is 16.4 Å². The van der Waals surface area contributed by atoms with Crippen LogP contribution in [0.15, 0.2) is 66.0 Å². The summed E-state index contributed by atoms with van der Waals surface area (Å²) in [7, 11) is 0. The number of benzene rings is 2. The van der Waals surface area contributed by atoms with Crippen molar-refractivity contribution in [2.75, 3.05) is 5.32 Å². The van der Waals surface area contributed by atoms with E-state index >= 15 is 0 Å². The highest BCUT2D eigenvalue weighted by Crippen LogP contribution is 2.33. The van der Waals surface area contributed by atoms with E-state index in [9.17, 15) is 0 Å². The van der Waals surface area contributed by atoms with Gasteiger partial charge in [-0.05, 0) is 37.3 Å². The topological polar surface area (TPSA) is 50.7 Å². The molecule has 6 heteroatoms. The van der Waals surface area contributed by atoms with Gasteiger partial charge in [-0.1, -0.05) is 41.9 Å². The van der Waals surface area contributed by atoms with Crippen molar-refractivity contribution in [3.8, 4) is 21.8 Å². The summed E-state index contributed by atoms with van der Waals surface area (Å²) in [5.41, 5.74) is 4.73. The maximum Gasteiger partial charge on any atom is 0.153 e. The molecule has 4 nitrogen and oxygen atoms in total. The number of nitrogens with zero attached hydrogens (tertiary/aromatic N) is 3. The van der Waals surface area contributed by atoms with Crippen LogP contribution in [0.5, 0.6) is 0 Å². The number of anilines is 2. The van der Waals surface area contributed by atoms with Gasteiger partial charge in [-0.2, -0.15) is 5.10 Å². The van der Waals surface area contributed by atoms with Gasteiger partial charge in [-0.25, -0.2) is 4.98 Å². The van der Waals surface area contributed by atoms with E-state index in [-0.39, 0.29) is 0 Å². The molecule has 0 saturated carbocycles. The molecule has 2 heterocycles. The van der Waals surface area contributed by atoms with E-state index in [1.165, 1.54) is 0 Å². The van der Waals surface area contributed by atoms with Crippen LogP contribution in [0.2, 0.25) is 5.02 Å². The molecule has 0 bridgehead atoms. The number of rotatable bonds is 4. The van der Waals surface area contributed by atoms with Gasteiger partial charge in [0.05, 0.1) is 16.4 Å². The van der Waals surface area contributed by atoms with Crippen molar-refractivity contribution < 1.29 is 0 Å². The van der Waals surface area contributed by atoms with Crippen LogP contribution >= 0.6 is 22.9 Å². The standard InChI is InChI=1S/C20H15ClN4S/c1-13-9-10-19(25-24-13)22-15-6-4-5-14(11-15)18-12-26-20(23-18)16-7-2-3-8-17(16)21/h2-12H,1H3,(H,22,25). The third-order valence-corrected chi connectivity index (χ3v) is 5.04. The van der Waals surface area contributed by atoms with Crippen molar-refractivity contribution in [2.45, 2.75) is 6.92 Å². The second kappa shape index (κ2) is 7.23. The Kier molecular flexibility index (Phi) is 4.65. The first kappa shape index (κ1) is 16.7. The molecule has 4 rings (SSSR count). The van der Waals surface area contributed by atoms with E-state index in [1.54, 1.807) is 11.3 Å². The second-order valence-electron chi connectivity index (χ2n) is 5.78. The number of thiazole rings is 1. The number of aromatic nitrogens is 3. The number of hydrogen-bond acceptors (Lipinski definition) is 5. The molecule has 4 aromatic rings. The summed E-state index contributed by atoms with van der Waals surface area (Å²) >= 11 is 7.87. The van der Waals surface area contributed by atoms with Gasteiger partial charge in [0, 0.05) is 22.2 Å². The lowest BCUT2D eigenvalue weighted by Crippen LogP contribution is -1.96. The highest BCUT2D eigenvalue weighted by Gasteiger charge is 2.10. The van der Waals surface area contributed by atoms with Gasteiger partial charge in [0.2, 0.25) is 0 Å². The Morgan fingerprint density at radius 2 is 1.85 bits per heavy atom. The van der Waals surface area contributed by atoms with Gasteiger partial charge in [0.15, 0.2) is 5.82 Å². The van der Waals surface area contributed by atoms with Crippen LogP contribution in [0.3, 0.4) is 0 Å². The summed E-state index contributed by atoms with van der Waals surface area (Å²) in [5, 5.41) is 15.1. The first-order chi connectivity index (χ1) is 12.7. The number of halogens is 1. The highest BCUT2D eigenvalue weighted by atomic mass is 35.5. The third-order valence-electron chi connectivity index (χ3n) is 3.84. The molecule has 0 spiro atoms. The summed E-state index contributed by atoms with van der Waals surface area (Å²) in [5.74, 6) is 0.711. The molecule has 128 valence electrons. The van der Waals surface area contributed by atoms with Crippen molar-refractivity contribution in [3.63, 3.8) is 0 Å². The molecular formula is C20H15ClN4S. The summed E-state index contributed by atoms with van der Waals surface area (Å²) in [6.07, 6.45) is 0. The molecule has 0 radical (unpaired) electrons. The smallest absolute Gasteiger partial charge is 0.153 e. The minimum Gasteiger partial charge on any atom is -0.339 e. The molecule has 0 unspecified atom stereocenters. The van der Waals surface area contributed by atoms with Gasteiger partial charge in [-0.3, -0.25) is 0 Å². The maximum atomic E-state index is 6.28. The fourth-order valence-electron chi connectivity index (χ4n) is 2.53. The molecular weight excluding hydrogens is 364 g/mol. The molecule has 1 N–H and O–H groups in total. The van der Waals surface area contributed by atoms with Gasteiger partial charge in [0.25, 0.3) is 0 Å². The predicted octanol–water partition coefficient (Wildman–Crippen LogP) is 5.97. The zero-order valence-corrected chi connectivity index (χ0v) is 15.6. The number of aryl methyl sites for hydroxylation is 1. The van der Waals surface area contributed by atoms with Crippen LogP contribution in [-0.4, -0.2) is 15.2 Å². The minimum absolute atomic E-state index is 0.710. The average Bonchev–Trinajstić information content (AvgIpc) is 3.14. The van der Waals surface area contributed by atoms with E-state index in [4.69, 9.17) is 16.6 Å². The molecule has 26 heavy (non-hydrogen) atoms. The lowest BCUT2D eigenvalue weighted by atomic mass is 10.1. The summed E-state index contributed by atoms with van der Waals surface area (Å²) < 4.78 is 0. The second-order valence-corrected chi connectivity index (χ2v) is 7.05. The largest absolute Gasteiger partial charge is 0.339 e. The van der Waals surface area contributed by atoms with E-state index in [2.05, 4.69) is 15.5 Å². The van der Waals surface area contributed by atoms with Gasteiger partial charge < -0.3 is 5.32 Å². The van der Waals surface area contributed by atoms with Gasteiger partial charge >= 0.3 is 0 Å². The SMILES string of the molecule is Cc1ccc(Nc2cccc(-c3csc(-c4ccccc4Cl)n3)c2)nn1. The first-order valence-electron chi connectivity index (χ1n) is 8.07. The molecule has 0 saturated heterocycles. The average molecular weight is 379 g/mol. The summed E-state index contributed by atoms with van der Waals surface area (Å²) in [6.45, 7) is 1.91. The fourth-order valence-corrected chi connectivity index (χ4v) is 3.68. The summed E-state index contributed by atoms with van der Waals surface area (Å²) in [6, 6.07) is 19.7. The molecule has 0 aliphatic carbocycles. The zero-order valence-electron chi connectivity index (χ0n) is 14.0. The quantitative estimate of drug-likeness (QED) is 0.475. The first-order valence-corrected chi connectivity index (χ1v) is 9.33.